The molecule has 0 saturated carbocycles. The van der Waals surface area contributed by atoms with E-state index in [1.807, 2.05) is 0 Å². The topological polar surface area (TPSA) is 20.3 Å². The van der Waals surface area contributed by atoms with E-state index in [1.54, 1.807) is 26.2 Å². The normalized spacial score (nSPS) is 9.85. The lowest BCUT2D eigenvalue weighted by Gasteiger charge is -2.10. The van der Waals surface area contributed by atoms with Gasteiger partial charge in [0.2, 0.25) is 0 Å². The molecule has 0 fully saturated rings. The van der Waals surface area contributed by atoms with Gasteiger partial charge in [0.15, 0.2) is 0 Å². The lowest BCUT2D eigenvalue weighted by Crippen LogP contribution is -2.22. The summed E-state index contributed by atoms with van der Waals surface area (Å²) in [6.07, 6.45) is 0. The molecule has 0 spiro atoms. The number of amides is 1. The predicted molar refractivity (Wildman–Crippen MR) is 52.1 cm³/mol. The molecule has 1 amide bonds. The fraction of sp³-hybridized carbons (Fsp3) is 0.222. The molecule has 0 bridgehead atoms. The molecule has 1 rings (SSSR count). The van der Waals surface area contributed by atoms with Gasteiger partial charge in [-0.3, -0.25) is 4.79 Å². The first-order chi connectivity index (χ1) is 6.04. The zero-order chi connectivity index (χ0) is 10.0. The minimum atomic E-state index is -0.513. The van der Waals surface area contributed by atoms with Gasteiger partial charge in [-0.25, -0.2) is 4.39 Å². The van der Waals surface area contributed by atoms with Crippen molar-refractivity contribution >= 4 is 21.8 Å². The van der Waals surface area contributed by atoms with Crippen LogP contribution in [0, 0.1) is 5.82 Å². The summed E-state index contributed by atoms with van der Waals surface area (Å²) in [6, 6.07) is 4.65. The molecule has 0 saturated heterocycles. The molecule has 0 N–H and O–H groups in total. The molecular weight excluding hydrogens is 237 g/mol. The fourth-order valence-corrected chi connectivity index (χ4v) is 1.28. The third-order valence-electron chi connectivity index (χ3n) is 1.59. The maximum atomic E-state index is 13.3. The number of hydrogen-bond acceptors (Lipinski definition) is 1. The summed E-state index contributed by atoms with van der Waals surface area (Å²) in [5.74, 6) is -0.847. The second-order valence-electron chi connectivity index (χ2n) is 2.80. The van der Waals surface area contributed by atoms with Crippen LogP contribution in [0.25, 0.3) is 0 Å². The molecule has 1 aromatic rings. The van der Waals surface area contributed by atoms with E-state index in [0.717, 1.165) is 0 Å². The van der Waals surface area contributed by atoms with E-state index in [0.29, 0.717) is 4.47 Å². The van der Waals surface area contributed by atoms with Crippen LogP contribution < -0.4 is 0 Å². The number of hydrogen-bond donors (Lipinski definition) is 0. The molecule has 0 aliphatic carbocycles. The van der Waals surface area contributed by atoms with Crippen molar-refractivity contribution in [1.82, 2.24) is 4.90 Å². The highest BCUT2D eigenvalue weighted by Gasteiger charge is 2.14. The van der Waals surface area contributed by atoms with Crippen molar-refractivity contribution < 1.29 is 9.18 Å². The van der Waals surface area contributed by atoms with Crippen LogP contribution in [0.1, 0.15) is 10.4 Å². The molecule has 0 unspecified atom stereocenters. The standard InChI is InChI=1S/C9H9BrFNO/c1-12(2)9(13)6-4-3-5-7(10)8(6)11/h3-5H,1-2H3. The van der Waals surface area contributed by atoms with Gasteiger partial charge in [0.05, 0.1) is 10.0 Å². The smallest absolute Gasteiger partial charge is 0.256 e. The van der Waals surface area contributed by atoms with Crippen LogP contribution in [-0.4, -0.2) is 24.9 Å². The Balaban J connectivity index is 3.15. The Morgan fingerprint density at radius 2 is 2.08 bits per heavy atom. The van der Waals surface area contributed by atoms with Gasteiger partial charge in [-0.2, -0.15) is 0 Å². The van der Waals surface area contributed by atoms with Crippen LogP contribution in [0.2, 0.25) is 0 Å². The number of nitrogens with zero attached hydrogens (tertiary/aromatic N) is 1. The minimum Gasteiger partial charge on any atom is -0.345 e. The molecule has 4 heteroatoms. The lowest BCUT2D eigenvalue weighted by atomic mass is 10.2. The summed E-state index contributed by atoms with van der Waals surface area (Å²) in [5, 5.41) is 0. The number of carbonyl (C=O) groups excluding carboxylic acids is 1. The molecule has 0 radical (unpaired) electrons. The van der Waals surface area contributed by atoms with E-state index in [9.17, 15) is 9.18 Å². The van der Waals surface area contributed by atoms with E-state index in [2.05, 4.69) is 15.9 Å². The van der Waals surface area contributed by atoms with E-state index < -0.39 is 5.82 Å². The van der Waals surface area contributed by atoms with Gasteiger partial charge >= 0.3 is 0 Å². The monoisotopic (exact) mass is 245 g/mol. The molecule has 0 aliphatic rings. The quantitative estimate of drug-likeness (QED) is 0.744. The summed E-state index contributed by atoms with van der Waals surface area (Å²) >= 11 is 3.02. The third kappa shape index (κ3) is 2.06. The highest BCUT2D eigenvalue weighted by Crippen LogP contribution is 2.19. The maximum absolute atomic E-state index is 13.3. The zero-order valence-electron chi connectivity index (χ0n) is 7.34. The Morgan fingerprint density at radius 3 is 2.62 bits per heavy atom. The number of benzene rings is 1. The van der Waals surface area contributed by atoms with E-state index in [1.165, 1.54) is 11.0 Å². The van der Waals surface area contributed by atoms with Crippen molar-refractivity contribution in [2.24, 2.45) is 0 Å². The highest BCUT2D eigenvalue weighted by molar-refractivity contribution is 9.10. The Bertz CT molecular complexity index is 338. The van der Waals surface area contributed by atoms with Crippen molar-refractivity contribution in [3.63, 3.8) is 0 Å². The molecule has 1 aromatic carbocycles. The van der Waals surface area contributed by atoms with Gasteiger partial charge in [0.1, 0.15) is 5.82 Å². The Hall–Kier alpha value is -0.900. The third-order valence-corrected chi connectivity index (χ3v) is 2.20. The van der Waals surface area contributed by atoms with E-state index in [-0.39, 0.29) is 11.5 Å². The molecule has 0 aromatic heterocycles. The second kappa shape index (κ2) is 3.87. The van der Waals surface area contributed by atoms with Crippen molar-refractivity contribution in [3.8, 4) is 0 Å². The first-order valence-corrected chi connectivity index (χ1v) is 4.49. The summed E-state index contributed by atoms with van der Waals surface area (Å²) in [5.41, 5.74) is 0.0828. The number of carbonyl (C=O) groups is 1. The van der Waals surface area contributed by atoms with Crippen LogP contribution in [-0.2, 0) is 0 Å². The number of halogens is 2. The van der Waals surface area contributed by atoms with Crippen LogP contribution in [0.4, 0.5) is 4.39 Å². The van der Waals surface area contributed by atoms with Gasteiger partial charge in [0, 0.05) is 14.1 Å². The molecule has 13 heavy (non-hydrogen) atoms. The van der Waals surface area contributed by atoms with Crippen molar-refractivity contribution in [3.05, 3.63) is 34.1 Å². The zero-order valence-corrected chi connectivity index (χ0v) is 8.93. The summed E-state index contributed by atoms with van der Waals surface area (Å²) in [7, 11) is 3.17. The molecular formula is C9H9BrFNO. The van der Waals surface area contributed by atoms with Crippen molar-refractivity contribution in [1.29, 1.82) is 0 Å². The molecule has 2 nitrogen and oxygen atoms in total. The Labute approximate surface area is 84.5 Å². The summed E-state index contributed by atoms with van der Waals surface area (Å²) in [4.78, 5) is 12.7. The van der Waals surface area contributed by atoms with E-state index >= 15 is 0 Å². The average molecular weight is 246 g/mol. The average Bonchev–Trinajstić information content (AvgIpc) is 2.08. The molecule has 0 heterocycles. The number of rotatable bonds is 1. The van der Waals surface area contributed by atoms with Gasteiger partial charge < -0.3 is 4.90 Å². The largest absolute Gasteiger partial charge is 0.345 e. The van der Waals surface area contributed by atoms with Gasteiger partial charge in [-0.15, -0.1) is 0 Å². The first kappa shape index (κ1) is 10.2. The summed E-state index contributed by atoms with van der Waals surface area (Å²) < 4.78 is 13.6. The Morgan fingerprint density at radius 1 is 1.46 bits per heavy atom. The molecule has 0 aliphatic heterocycles. The molecule has 0 atom stereocenters. The fourth-order valence-electron chi connectivity index (χ4n) is 0.910. The van der Waals surface area contributed by atoms with Crippen molar-refractivity contribution in [2.75, 3.05) is 14.1 Å². The highest BCUT2D eigenvalue weighted by atomic mass is 79.9. The van der Waals surface area contributed by atoms with Gasteiger partial charge in [0.25, 0.3) is 5.91 Å². The summed E-state index contributed by atoms with van der Waals surface area (Å²) in [6.45, 7) is 0. The Kier molecular flexibility index (Phi) is 3.03. The first-order valence-electron chi connectivity index (χ1n) is 3.69. The van der Waals surface area contributed by atoms with Crippen LogP contribution in [0.5, 0.6) is 0 Å². The predicted octanol–water partition coefficient (Wildman–Crippen LogP) is 2.29. The lowest BCUT2D eigenvalue weighted by molar-refractivity contribution is 0.0823. The van der Waals surface area contributed by atoms with Crippen molar-refractivity contribution in [2.45, 2.75) is 0 Å². The second-order valence-corrected chi connectivity index (χ2v) is 3.66. The van der Waals surface area contributed by atoms with E-state index in [4.69, 9.17) is 0 Å². The molecule has 70 valence electrons. The van der Waals surface area contributed by atoms with Crippen LogP contribution >= 0.6 is 15.9 Å². The van der Waals surface area contributed by atoms with Crippen LogP contribution in [0.3, 0.4) is 0 Å². The SMILES string of the molecule is CN(C)C(=O)c1cccc(Br)c1F. The van der Waals surface area contributed by atoms with Gasteiger partial charge in [-0.1, -0.05) is 6.07 Å². The maximum Gasteiger partial charge on any atom is 0.256 e. The van der Waals surface area contributed by atoms with Gasteiger partial charge in [-0.05, 0) is 28.1 Å². The minimum absolute atomic E-state index is 0.0828. The van der Waals surface area contributed by atoms with Crippen LogP contribution in [0.15, 0.2) is 22.7 Å².